The molecule has 0 radical (unpaired) electrons. The van der Waals surface area contributed by atoms with Gasteiger partial charge in [-0.2, -0.15) is 18.3 Å². The van der Waals surface area contributed by atoms with Gasteiger partial charge in [0.25, 0.3) is 0 Å². The molecule has 0 bridgehead atoms. The highest BCUT2D eigenvalue weighted by Crippen LogP contribution is 2.32. The van der Waals surface area contributed by atoms with Gasteiger partial charge in [0.05, 0.1) is 11.3 Å². The number of halogens is 3. The van der Waals surface area contributed by atoms with Gasteiger partial charge in [-0.1, -0.05) is 18.2 Å². The van der Waals surface area contributed by atoms with Gasteiger partial charge in [0, 0.05) is 18.7 Å². The summed E-state index contributed by atoms with van der Waals surface area (Å²) in [6.07, 6.45) is -4.18. The number of alkyl halides is 3. The largest absolute Gasteiger partial charge is 0.416 e. The first kappa shape index (κ1) is 12.6. The topological polar surface area (TPSA) is 54.7 Å². The maximum Gasteiger partial charge on any atom is 0.416 e. The van der Waals surface area contributed by atoms with Gasteiger partial charge in [-0.25, -0.2) is 0 Å². The highest BCUT2D eigenvalue weighted by Gasteiger charge is 2.32. The van der Waals surface area contributed by atoms with E-state index in [0.29, 0.717) is 11.4 Å². The Morgan fingerprint density at radius 2 is 1.94 bits per heavy atom. The Bertz CT molecular complexity index is 531. The summed E-state index contributed by atoms with van der Waals surface area (Å²) in [5, 5.41) is 6.58. The van der Waals surface area contributed by atoms with Crippen molar-refractivity contribution in [3.8, 4) is 0 Å². The number of H-pyrrole nitrogens is 1. The number of rotatable bonds is 3. The molecule has 2 aromatic rings. The molecule has 18 heavy (non-hydrogen) atoms. The van der Waals surface area contributed by atoms with Crippen LogP contribution in [0, 0.1) is 0 Å². The second kappa shape index (κ2) is 4.81. The molecule has 0 aliphatic rings. The maximum absolute atomic E-state index is 12.8. The minimum atomic E-state index is -4.34. The molecule has 0 unspecified atom stereocenters. The summed E-state index contributed by atoms with van der Waals surface area (Å²) in [6, 6.07) is 7.18. The lowest BCUT2D eigenvalue weighted by atomic mass is 10.0. The summed E-state index contributed by atoms with van der Waals surface area (Å²) in [6.45, 7) is 0.261. The summed E-state index contributed by atoms with van der Waals surface area (Å²) in [5.41, 5.74) is 6.25. The molecular formula is C12H12F3N3. The van der Waals surface area contributed by atoms with Gasteiger partial charge >= 0.3 is 6.18 Å². The molecule has 1 heterocycles. The molecule has 0 spiro atoms. The molecule has 6 heteroatoms. The lowest BCUT2D eigenvalue weighted by molar-refractivity contribution is -0.138. The van der Waals surface area contributed by atoms with Gasteiger partial charge in [0.2, 0.25) is 0 Å². The molecule has 0 atom stereocenters. The molecule has 0 aliphatic carbocycles. The molecule has 0 saturated heterocycles. The van der Waals surface area contributed by atoms with Gasteiger partial charge in [-0.3, -0.25) is 5.10 Å². The number of hydrogen-bond donors (Lipinski definition) is 2. The molecule has 0 fully saturated rings. The fourth-order valence-electron chi connectivity index (χ4n) is 1.76. The first-order valence-electron chi connectivity index (χ1n) is 5.39. The van der Waals surface area contributed by atoms with E-state index in [9.17, 15) is 13.2 Å². The van der Waals surface area contributed by atoms with Crippen LogP contribution in [0.1, 0.15) is 22.5 Å². The SMILES string of the molecule is NCc1cc(Cc2ccccc2C(F)(F)F)[nH]n1. The van der Waals surface area contributed by atoms with E-state index in [1.165, 1.54) is 12.1 Å². The Balaban J connectivity index is 2.29. The molecule has 1 aromatic carbocycles. The van der Waals surface area contributed by atoms with Crippen LogP contribution in [0.4, 0.5) is 13.2 Å². The van der Waals surface area contributed by atoms with Crippen LogP contribution >= 0.6 is 0 Å². The van der Waals surface area contributed by atoms with Crippen molar-refractivity contribution in [2.45, 2.75) is 19.1 Å². The van der Waals surface area contributed by atoms with Crippen molar-refractivity contribution in [2.75, 3.05) is 0 Å². The molecule has 1 aromatic heterocycles. The molecule has 2 rings (SSSR count). The molecular weight excluding hydrogens is 243 g/mol. The minimum absolute atomic E-state index is 0.155. The van der Waals surface area contributed by atoms with Gasteiger partial charge in [0.1, 0.15) is 0 Å². The first-order valence-corrected chi connectivity index (χ1v) is 5.39. The number of nitrogens with two attached hydrogens (primary N) is 1. The van der Waals surface area contributed by atoms with Gasteiger partial charge in [0.15, 0.2) is 0 Å². The maximum atomic E-state index is 12.8. The first-order chi connectivity index (χ1) is 8.50. The monoisotopic (exact) mass is 255 g/mol. The van der Waals surface area contributed by atoms with Crippen LogP contribution in [0.5, 0.6) is 0 Å². The van der Waals surface area contributed by atoms with Crippen molar-refractivity contribution >= 4 is 0 Å². The van der Waals surface area contributed by atoms with Crippen LogP contribution in [-0.2, 0) is 19.1 Å². The lowest BCUT2D eigenvalue weighted by Crippen LogP contribution is -2.09. The second-order valence-corrected chi connectivity index (χ2v) is 3.92. The van der Waals surface area contributed by atoms with Crippen molar-refractivity contribution < 1.29 is 13.2 Å². The van der Waals surface area contributed by atoms with Crippen LogP contribution in [0.3, 0.4) is 0 Å². The van der Waals surface area contributed by atoms with Gasteiger partial charge in [-0.05, 0) is 17.7 Å². The third kappa shape index (κ3) is 2.70. The summed E-state index contributed by atoms with van der Waals surface area (Å²) >= 11 is 0. The average Bonchev–Trinajstić information content (AvgIpc) is 2.76. The van der Waals surface area contributed by atoms with E-state index >= 15 is 0 Å². The Morgan fingerprint density at radius 3 is 2.56 bits per heavy atom. The Hall–Kier alpha value is -1.82. The summed E-state index contributed by atoms with van der Waals surface area (Å²) in [5.74, 6) is 0. The average molecular weight is 255 g/mol. The second-order valence-electron chi connectivity index (χ2n) is 3.92. The van der Waals surface area contributed by atoms with Crippen LogP contribution in [0.15, 0.2) is 30.3 Å². The standard InChI is InChI=1S/C12H12F3N3/c13-12(14,15)11-4-2-1-3-8(11)5-9-6-10(7-16)18-17-9/h1-4,6H,5,7,16H2,(H,17,18). The van der Waals surface area contributed by atoms with E-state index in [-0.39, 0.29) is 18.5 Å². The minimum Gasteiger partial charge on any atom is -0.325 e. The molecule has 0 saturated carbocycles. The third-order valence-corrected chi connectivity index (χ3v) is 2.60. The van der Waals surface area contributed by atoms with E-state index < -0.39 is 11.7 Å². The third-order valence-electron chi connectivity index (χ3n) is 2.60. The number of nitrogens with zero attached hydrogens (tertiary/aromatic N) is 1. The molecule has 96 valence electrons. The Morgan fingerprint density at radius 1 is 1.22 bits per heavy atom. The number of benzene rings is 1. The van der Waals surface area contributed by atoms with Crippen LogP contribution < -0.4 is 5.73 Å². The summed E-state index contributed by atoms with van der Waals surface area (Å²) in [7, 11) is 0. The summed E-state index contributed by atoms with van der Waals surface area (Å²) < 4.78 is 38.3. The van der Waals surface area contributed by atoms with E-state index in [4.69, 9.17) is 5.73 Å². The Labute approximate surface area is 102 Å². The predicted octanol–water partition coefficient (Wildman–Crippen LogP) is 2.48. The quantitative estimate of drug-likeness (QED) is 0.885. The highest BCUT2D eigenvalue weighted by atomic mass is 19.4. The zero-order chi connectivity index (χ0) is 13.2. The van der Waals surface area contributed by atoms with E-state index in [2.05, 4.69) is 10.2 Å². The zero-order valence-corrected chi connectivity index (χ0v) is 9.46. The van der Waals surface area contributed by atoms with E-state index in [1.807, 2.05) is 0 Å². The normalized spacial score (nSPS) is 11.8. The van der Waals surface area contributed by atoms with Crippen LogP contribution in [-0.4, -0.2) is 10.2 Å². The van der Waals surface area contributed by atoms with Crippen molar-refractivity contribution in [2.24, 2.45) is 5.73 Å². The molecule has 0 aliphatic heterocycles. The van der Waals surface area contributed by atoms with E-state index in [0.717, 1.165) is 6.07 Å². The fraction of sp³-hybridized carbons (Fsp3) is 0.250. The van der Waals surface area contributed by atoms with Crippen LogP contribution in [0.25, 0.3) is 0 Å². The van der Waals surface area contributed by atoms with Crippen molar-refractivity contribution in [3.63, 3.8) is 0 Å². The molecule has 3 nitrogen and oxygen atoms in total. The lowest BCUT2D eigenvalue weighted by Gasteiger charge is -2.11. The Kier molecular flexibility index (Phi) is 3.38. The predicted molar refractivity (Wildman–Crippen MR) is 60.7 cm³/mol. The fourth-order valence-corrected chi connectivity index (χ4v) is 1.76. The van der Waals surface area contributed by atoms with E-state index in [1.54, 1.807) is 12.1 Å². The van der Waals surface area contributed by atoms with Crippen molar-refractivity contribution in [1.29, 1.82) is 0 Å². The zero-order valence-electron chi connectivity index (χ0n) is 9.46. The smallest absolute Gasteiger partial charge is 0.325 e. The number of nitrogens with one attached hydrogen (secondary N) is 1. The van der Waals surface area contributed by atoms with Gasteiger partial charge < -0.3 is 5.73 Å². The van der Waals surface area contributed by atoms with Gasteiger partial charge in [-0.15, -0.1) is 0 Å². The number of aromatic amines is 1. The summed E-state index contributed by atoms with van der Waals surface area (Å²) in [4.78, 5) is 0. The molecule has 0 amide bonds. The van der Waals surface area contributed by atoms with Crippen molar-refractivity contribution in [3.05, 3.63) is 52.8 Å². The number of aromatic nitrogens is 2. The number of hydrogen-bond acceptors (Lipinski definition) is 2. The molecule has 3 N–H and O–H groups in total. The highest BCUT2D eigenvalue weighted by molar-refractivity contribution is 5.33. The van der Waals surface area contributed by atoms with Crippen molar-refractivity contribution in [1.82, 2.24) is 10.2 Å². The van der Waals surface area contributed by atoms with Crippen LogP contribution in [0.2, 0.25) is 0 Å².